The van der Waals surface area contributed by atoms with Crippen LogP contribution in [-0.4, -0.2) is 57.9 Å². The van der Waals surface area contributed by atoms with Gasteiger partial charge in [0.1, 0.15) is 17.8 Å². The Morgan fingerprint density at radius 1 is 1.25 bits per heavy atom. The van der Waals surface area contributed by atoms with Crippen LogP contribution in [0.2, 0.25) is 0 Å². The highest BCUT2D eigenvalue weighted by Gasteiger charge is 2.39. The SMILES string of the molecule is O=C(C1CCN(c2ncnc3[nH]ccc23)C1)N1CCC(F)(F)CC1. The van der Waals surface area contributed by atoms with Gasteiger partial charge in [0, 0.05) is 45.2 Å². The first-order chi connectivity index (χ1) is 11.5. The zero-order valence-corrected chi connectivity index (χ0v) is 13.2. The van der Waals surface area contributed by atoms with Crippen molar-refractivity contribution in [2.24, 2.45) is 5.92 Å². The lowest BCUT2D eigenvalue weighted by molar-refractivity contribution is -0.140. The summed E-state index contributed by atoms with van der Waals surface area (Å²) in [4.78, 5) is 27.9. The standard InChI is InChI=1S/C16H19F2N5O/c17-16(18)3-7-22(8-4-16)15(24)11-2-6-23(9-11)14-12-1-5-19-13(12)20-10-21-14/h1,5,10-11H,2-4,6-9H2,(H,19,20,21). The first-order valence-electron chi connectivity index (χ1n) is 8.23. The number of hydrogen-bond acceptors (Lipinski definition) is 4. The second kappa shape index (κ2) is 5.68. The Labute approximate surface area is 137 Å². The van der Waals surface area contributed by atoms with Crippen LogP contribution in [0.25, 0.3) is 11.0 Å². The molecule has 6 nitrogen and oxygen atoms in total. The number of aromatic amines is 1. The van der Waals surface area contributed by atoms with E-state index in [2.05, 4.69) is 19.9 Å². The Hall–Kier alpha value is -2.25. The fraction of sp³-hybridized carbons (Fsp3) is 0.562. The van der Waals surface area contributed by atoms with Gasteiger partial charge in [-0.1, -0.05) is 0 Å². The molecule has 2 aliphatic heterocycles. The Morgan fingerprint density at radius 2 is 2.04 bits per heavy atom. The Balaban J connectivity index is 1.45. The minimum absolute atomic E-state index is 0.00707. The van der Waals surface area contributed by atoms with Crippen LogP contribution in [0.5, 0.6) is 0 Å². The van der Waals surface area contributed by atoms with Gasteiger partial charge in [-0.3, -0.25) is 4.79 Å². The minimum atomic E-state index is -2.63. The number of likely N-dealkylation sites (tertiary alicyclic amines) is 1. The number of alkyl halides is 2. The molecule has 2 aliphatic rings. The maximum absolute atomic E-state index is 13.3. The van der Waals surface area contributed by atoms with E-state index in [-0.39, 0.29) is 37.8 Å². The van der Waals surface area contributed by atoms with Crippen LogP contribution in [0, 0.1) is 5.92 Å². The number of hydrogen-bond donors (Lipinski definition) is 1. The molecule has 1 N–H and O–H groups in total. The molecule has 128 valence electrons. The third-order valence-electron chi connectivity index (χ3n) is 4.98. The maximum atomic E-state index is 13.3. The molecular weight excluding hydrogens is 316 g/mol. The number of carbonyl (C=O) groups is 1. The summed E-state index contributed by atoms with van der Waals surface area (Å²) in [7, 11) is 0. The third-order valence-corrected chi connectivity index (χ3v) is 4.98. The quantitative estimate of drug-likeness (QED) is 0.912. The molecule has 2 fully saturated rings. The molecular formula is C16H19F2N5O. The van der Waals surface area contributed by atoms with Crippen LogP contribution in [0.15, 0.2) is 18.6 Å². The normalized spacial score (nSPS) is 23.8. The summed E-state index contributed by atoms with van der Waals surface area (Å²) in [6.45, 7) is 1.61. The first-order valence-corrected chi connectivity index (χ1v) is 8.23. The monoisotopic (exact) mass is 335 g/mol. The molecule has 0 aliphatic carbocycles. The highest BCUT2D eigenvalue weighted by Crippen LogP contribution is 2.31. The lowest BCUT2D eigenvalue weighted by Gasteiger charge is -2.33. The van der Waals surface area contributed by atoms with Crippen molar-refractivity contribution in [3.8, 4) is 0 Å². The van der Waals surface area contributed by atoms with E-state index >= 15 is 0 Å². The number of piperidine rings is 1. The number of rotatable bonds is 2. The average molecular weight is 335 g/mol. The fourth-order valence-electron chi connectivity index (χ4n) is 3.58. The van der Waals surface area contributed by atoms with Crippen LogP contribution in [0.4, 0.5) is 14.6 Å². The number of fused-ring (bicyclic) bond motifs is 1. The number of anilines is 1. The van der Waals surface area contributed by atoms with E-state index in [4.69, 9.17) is 0 Å². The van der Waals surface area contributed by atoms with E-state index in [0.29, 0.717) is 6.54 Å². The number of carbonyl (C=O) groups excluding carboxylic acids is 1. The largest absolute Gasteiger partial charge is 0.355 e. The third kappa shape index (κ3) is 2.70. The van der Waals surface area contributed by atoms with E-state index in [9.17, 15) is 13.6 Å². The Bertz CT molecular complexity index is 752. The van der Waals surface area contributed by atoms with Crippen molar-refractivity contribution >= 4 is 22.8 Å². The molecule has 8 heteroatoms. The molecule has 0 bridgehead atoms. The van der Waals surface area contributed by atoms with Gasteiger partial charge in [-0.25, -0.2) is 18.7 Å². The van der Waals surface area contributed by atoms with Gasteiger partial charge in [-0.05, 0) is 12.5 Å². The molecule has 0 saturated carbocycles. The summed E-state index contributed by atoms with van der Waals surface area (Å²) in [5, 5.41) is 0.934. The van der Waals surface area contributed by atoms with Gasteiger partial charge in [-0.15, -0.1) is 0 Å². The van der Waals surface area contributed by atoms with Crippen molar-refractivity contribution in [2.45, 2.75) is 25.2 Å². The highest BCUT2D eigenvalue weighted by molar-refractivity contribution is 5.88. The van der Waals surface area contributed by atoms with E-state index in [0.717, 1.165) is 29.8 Å². The zero-order valence-electron chi connectivity index (χ0n) is 13.2. The number of amides is 1. The van der Waals surface area contributed by atoms with E-state index in [1.165, 1.54) is 6.33 Å². The summed E-state index contributed by atoms with van der Waals surface area (Å²) in [5.41, 5.74) is 0.771. The number of nitrogens with one attached hydrogen (secondary N) is 1. The smallest absolute Gasteiger partial charge is 0.251 e. The van der Waals surface area contributed by atoms with Crippen molar-refractivity contribution in [3.63, 3.8) is 0 Å². The topological polar surface area (TPSA) is 65.1 Å². The molecule has 4 rings (SSSR count). The molecule has 24 heavy (non-hydrogen) atoms. The molecule has 0 aromatic carbocycles. The van der Waals surface area contributed by atoms with Crippen LogP contribution in [0.3, 0.4) is 0 Å². The highest BCUT2D eigenvalue weighted by atomic mass is 19.3. The number of aromatic nitrogens is 3. The average Bonchev–Trinajstić information content (AvgIpc) is 3.23. The van der Waals surface area contributed by atoms with Crippen molar-refractivity contribution < 1.29 is 13.6 Å². The molecule has 1 atom stereocenters. The maximum Gasteiger partial charge on any atom is 0.251 e. The molecule has 1 amide bonds. The second-order valence-corrected chi connectivity index (χ2v) is 6.55. The van der Waals surface area contributed by atoms with Crippen molar-refractivity contribution in [2.75, 3.05) is 31.1 Å². The van der Waals surface area contributed by atoms with Crippen LogP contribution in [-0.2, 0) is 4.79 Å². The number of halogens is 2. The Morgan fingerprint density at radius 3 is 2.83 bits per heavy atom. The lowest BCUT2D eigenvalue weighted by Crippen LogP contribution is -2.45. The van der Waals surface area contributed by atoms with Crippen molar-refractivity contribution in [3.05, 3.63) is 18.6 Å². The zero-order chi connectivity index (χ0) is 16.7. The minimum Gasteiger partial charge on any atom is -0.355 e. The Kier molecular flexibility index (Phi) is 3.62. The van der Waals surface area contributed by atoms with Gasteiger partial charge in [0.05, 0.1) is 11.3 Å². The van der Waals surface area contributed by atoms with Crippen LogP contribution < -0.4 is 4.90 Å². The molecule has 1 unspecified atom stereocenters. The number of H-pyrrole nitrogens is 1. The van der Waals surface area contributed by atoms with Crippen LogP contribution in [0.1, 0.15) is 19.3 Å². The van der Waals surface area contributed by atoms with Crippen LogP contribution >= 0.6 is 0 Å². The second-order valence-electron chi connectivity index (χ2n) is 6.55. The van der Waals surface area contributed by atoms with Gasteiger partial charge in [-0.2, -0.15) is 0 Å². The van der Waals surface area contributed by atoms with Gasteiger partial charge in [0.2, 0.25) is 5.91 Å². The van der Waals surface area contributed by atoms with E-state index in [1.807, 2.05) is 12.3 Å². The van der Waals surface area contributed by atoms with E-state index < -0.39 is 5.92 Å². The lowest BCUT2D eigenvalue weighted by atomic mass is 10.0. The van der Waals surface area contributed by atoms with E-state index in [1.54, 1.807) is 4.90 Å². The predicted molar refractivity (Wildman–Crippen MR) is 85.0 cm³/mol. The fourth-order valence-corrected chi connectivity index (χ4v) is 3.58. The summed E-state index contributed by atoms with van der Waals surface area (Å²) in [6, 6.07) is 1.92. The van der Waals surface area contributed by atoms with Gasteiger partial charge in [0.15, 0.2) is 0 Å². The molecule has 0 radical (unpaired) electrons. The first kappa shape index (κ1) is 15.3. The summed E-state index contributed by atoms with van der Waals surface area (Å²) >= 11 is 0. The summed E-state index contributed by atoms with van der Waals surface area (Å²) in [6.07, 6.45) is 3.59. The molecule has 2 aromatic heterocycles. The number of nitrogens with zero attached hydrogens (tertiary/aromatic N) is 4. The van der Waals surface area contributed by atoms with Gasteiger partial charge >= 0.3 is 0 Å². The summed E-state index contributed by atoms with van der Waals surface area (Å²) in [5.74, 6) is -1.96. The molecule has 2 saturated heterocycles. The van der Waals surface area contributed by atoms with Gasteiger partial charge in [0.25, 0.3) is 5.92 Å². The molecule has 4 heterocycles. The van der Waals surface area contributed by atoms with Gasteiger partial charge < -0.3 is 14.8 Å². The van der Waals surface area contributed by atoms with Crippen molar-refractivity contribution in [1.82, 2.24) is 19.9 Å². The predicted octanol–water partition coefficient (Wildman–Crippen LogP) is 2.04. The molecule has 2 aromatic rings. The summed E-state index contributed by atoms with van der Waals surface area (Å²) < 4.78 is 26.5. The van der Waals surface area contributed by atoms with Crippen molar-refractivity contribution in [1.29, 1.82) is 0 Å². The molecule has 0 spiro atoms.